The van der Waals surface area contributed by atoms with E-state index in [1.54, 1.807) is 0 Å². The molecule has 2 N–H and O–H groups in total. The molecule has 2 heterocycles. The molecule has 1 unspecified atom stereocenters. The quantitative estimate of drug-likeness (QED) is 0.831. The number of rotatable bonds is 1. The lowest BCUT2D eigenvalue weighted by Gasteiger charge is -2.14. The normalized spacial score (nSPS) is 22.7. The summed E-state index contributed by atoms with van der Waals surface area (Å²) in [6.07, 6.45) is 2.18. The van der Waals surface area contributed by atoms with Gasteiger partial charge in [0.1, 0.15) is 10.2 Å². The van der Waals surface area contributed by atoms with E-state index in [0.717, 1.165) is 24.9 Å². The monoisotopic (exact) mass is 285 g/mol. The van der Waals surface area contributed by atoms with Crippen LogP contribution in [0, 0.1) is 0 Å². The number of hydrogen-bond acceptors (Lipinski definition) is 4. The first-order chi connectivity index (χ1) is 7.77. The van der Waals surface area contributed by atoms with E-state index in [0.29, 0.717) is 16.0 Å². The van der Waals surface area contributed by atoms with Gasteiger partial charge in [0.25, 0.3) is 0 Å². The zero-order valence-corrected chi connectivity index (χ0v) is 10.2. The van der Waals surface area contributed by atoms with Crippen molar-refractivity contribution in [2.24, 2.45) is 0 Å². The highest BCUT2D eigenvalue weighted by Crippen LogP contribution is 2.48. The summed E-state index contributed by atoms with van der Waals surface area (Å²) in [6.45, 7) is 1.21. The fourth-order valence-electron chi connectivity index (χ4n) is 2.23. The standard InChI is InChI=1S/C11H12BrNO3/c12-9-10(14)6(7-2-1-3-13-7)4-8-11(9)16-5-15-8/h4,7,13-14H,1-3,5H2. The summed E-state index contributed by atoms with van der Waals surface area (Å²) >= 11 is 3.35. The molecular weight excluding hydrogens is 274 g/mol. The Bertz CT molecular complexity index is 430. The first-order valence-electron chi connectivity index (χ1n) is 5.31. The van der Waals surface area contributed by atoms with Crippen molar-refractivity contribution in [2.75, 3.05) is 13.3 Å². The Kier molecular flexibility index (Phi) is 2.44. The van der Waals surface area contributed by atoms with Crippen molar-refractivity contribution in [3.63, 3.8) is 0 Å². The van der Waals surface area contributed by atoms with E-state index in [9.17, 15) is 5.11 Å². The van der Waals surface area contributed by atoms with Crippen LogP contribution in [0.4, 0.5) is 0 Å². The van der Waals surface area contributed by atoms with Crippen molar-refractivity contribution in [2.45, 2.75) is 18.9 Å². The van der Waals surface area contributed by atoms with Crippen molar-refractivity contribution in [1.29, 1.82) is 0 Å². The maximum Gasteiger partial charge on any atom is 0.231 e. The molecule has 0 amide bonds. The zero-order valence-electron chi connectivity index (χ0n) is 8.62. The molecule has 2 aliphatic heterocycles. The van der Waals surface area contributed by atoms with Gasteiger partial charge in [-0.05, 0) is 41.4 Å². The molecule has 0 saturated carbocycles. The Morgan fingerprint density at radius 3 is 3.06 bits per heavy atom. The van der Waals surface area contributed by atoms with Crippen LogP contribution in [-0.2, 0) is 0 Å². The van der Waals surface area contributed by atoms with Crippen molar-refractivity contribution < 1.29 is 14.6 Å². The first kappa shape index (κ1) is 10.2. The molecule has 2 aliphatic rings. The van der Waals surface area contributed by atoms with Crippen LogP contribution in [0.1, 0.15) is 24.4 Å². The molecule has 1 atom stereocenters. The number of nitrogens with one attached hydrogen (secondary N) is 1. The molecule has 3 rings (SSSR count). The summed E-state index contributed by atoms with van der Waals surface area (Å²) in [7, 11) is 0. The molecular formula is C11H12BrNO3. The van der Waals surface area contributed by atoms with E-state index in [4.69, 9.17) is 9.47 Å². The number of benzene rings is 1. The third-order valence-electron chi connectivity index (χ3n) is 3.04. The molecule has 16 heavy (non-hydrogen) atoms. The van der Waals surface area contributed by atoms with Gasteiger partial charge in [0.2, 0.25) is 6.79 Å². The molecule has 0 aliphatic carbocycles. The van der Waals surface area contributed by atoms with Crippen LogP contribution < -0.4 is 14.8 Å². The molecule has 5 heteroatoms. The second-order valence-corrected chi connectivity index (χ2v) is 4.80. The average molecular weight is 286 g/mol. The number of ether oxygens (including phenoxy) is 2. The predicted molar refractivity (Wildman–Crippen MR) is 61.9 cm³/mol. The average Bonchev–Trinajstić information content (AvgIpc) is 2.92. The number of phenolic OH excluding ortho intramolecular Hbond substituents is 1. The van der Waals surface area contributed by atoms with Gasteiger partial charge < -0.3 is 19.9 Å². The van der Waals surface area contributed by atoms with Gasteiger partial charge in [0.15, 0.2) is 11.5 Å². The highest BCUT2D eigenvalue weighted by atomic mass is 79.9. The Morgan fingerprint density at radius 1 is 1.44 bits per heavy atom. The highest BCUT2D eigenvalue weighted by Gasteiger charge is 2.27. The molecule has 1 saturated heterocycles. The molecule has 1 fully saturated rings. The number of halogens is 1. The number of aromatic hydroxyl groups is 1. The van der Waals surface area contributed by atoms with Crippen molar-refractivity contribution >= 4 is 15.9 Å². The van der Waals surface area contributed by atoms with E-state index in [2.05, 4.69) is 21.2 Å². The van der Waals surface area contributed by atoms with Crippen LogP contribution >= 0.6 is 15.9 Å². The van der Waals surface area contributed by atoms with Crippen LogP contribution in [0.2, 0.25) is 0 Å². The summed E-state index contributed by atoms with van der Waals surface area (Å²) in [6, 6.07) is 2.08. The van der Waals surface area contributed by atoms with E-state index in [1.165, 1.54) is 0 Å². The van der Waals surface area contributed by atoms with E-state index in [1.807, 2.05) is 6.07 Å². The molecule has 4 nitrogen and oxygen atoms in total. The minimum absolute atomic E-state index is 0.214. The van der Waals surface area contributed by atoms with Crippen LogP contribution in [0.5, 0.6) is 17.2 Å². The van der Waals surface area contributed by atoms with Crippen LogP contribution in [-0.4, -0.2) is 18.4 Å². The smallest absolute Gasteiger partial charge is 0.231 e. The summed E-state index contributed by atoms with van der Waals surface area (Å²) in [4.78, 5) is 0. The third-order valence-corrected chi connectivity index (χ3v) is 3.78. The topological polar surface area (TPSA) is 50.7 Å². The highest BCUT2D eigenvalue weighted by molar-refractivity contribution is 9.10. The van der Waals surface area contributed by atoms with E-state index >= 15 is 0 Å². The SMILES string of the molecule is Oc1c(C2CCCN2)cc2c(c1Br)OCO2. The Hall–Kier alpha value is -0.940. The third kappa shape index (κ3) is 1.46. The van der Waals surface area contributed by atoms with Crippen LogP contribution in [0.25, 0.3) is 0 Å². The van der Waals surface area contributed by atoms with Gasteiger partial charge in [0, 0.05) is 11.6 Å². The Morgan fingerprint density at radius 2 is 2.31 bits per heavy atom. The van der Waals surface area contributed by atoms with Gasteiger partial charge in [-0.15, -0.1) is 0 Å². The molecule has 0 aromatic heterocycles. The fraction of sp³-hybridized carbons (Fsp3) is 0.455. The Labute approximate surface area is 102 Å². The Balaban J connectivity index is 2.08. The van der Waals surface area contributed by atoms with Crippen molar-refractivity contribution in [3.05, 3.63) is 16.1 Å². The molecule has 86 valence electrons. The van der Waals surface area contributed by atoms with Gasteiger partial charge in [0.05, 0.1) is 0 Å². The maximum atomic E-state index is 10.1. The number of hydrogen-bond donors (Lipinski definition) is 2. The second kappa shape index (κ2) is 3.82. The first-order valence-corrected chi connectivity index (χ1v) is 6.11. The second-order valence-electron chi connectivity index (χ2n) is 4.01. The minimum Gasteiger partial charge on any atom is -0.506 e. The van der Waals surface area contributed by atoms with Gasteiger partial charge >= 0.3 is 0 Å². The number of fused-ring (bicyclic) bond motifs is 1. The molecule has 1 aromatic carbocycles. The van der Waals surface area contributed by atoms with Crippen LogP contribution in [0.3, 0.4) is 0 Å². The van der Waals surface area contributed by atoms with Gasteiger partial charge in [-0.2, -0.15) is 0 Å². The summed E-state index contributed by atoms with van der Waals surface area (Å²) in [5.74, 6) is 1.55. The lowest BCUT2D eigenvalue weighted by molar-refractivity contribution is 0.173. The lowest BCUT2D eigenvalue weighted by Crippen LogP contribution is -2.13. The largest absolute Gasteiger partial charge is 0.506 e. The minimum atomic E-state index is 0.214. The van der Waals surface area contributed by atoms with Gasteiger partial charge in [-0.1, -0.05) is 0 Å². The number of phenols is 1. The zero-order chi connectivity index (χ0) is 11.1. The molecule has 1 aromatic rings. The maximum absolute atomic E-state index is 10.1. The van der Waals surface area contributed by atoms with E-state index in [-0.39, 0.29) is 18.6 Å². The fourth-order valence-corrected chi connectivity index (χ4v) is 2.77. The van der Waals surface area contributed by atoms with Crippen molar-refractivity contribution in [3.8, 4) is 17.2 Å². The van der Waals surface area contributed by atoms with Crippen LogP contribution in [0.15, 0.2) is 10.5 Å². The molecule has 0 bridgehead atoms. The van der Waals surface area contributed by atoms with Crippen molar-refractivity contribution in [1.82, 2.24) is 5.32 Å². The predicted octanol–water partition coefficient (Wildman–Crippen LogP) is 2.31. The molecule has 0 spiro atoms. The summed E-state index contributed by atoms with van der Waals surface area (Å²) < 4.78 is 11.2. The lowest BCUT2D eigenvalue weighted by atomic mass is 10.0. The summed E-state index contributed by atoms with van der Waals surface area (Å²) in [5.41, 5.74) is 0.883. The summed E-state index contributed by atoms with van der Waals surface area (Å²) in [5, 5.41) is 13.5. The van der Waals surface area contributed by atoms with Gasteiger partial charge in [-0.3, -0.25) is 0 Å². The van der Waals surface area contributed by atoms with Gasteiger partial charge in [-0.25, -0.2) is 0 Å². The molecule has 0 radical (unpaired) electrons. The van der Waals surface area contributed by atoms with E-state index < -0.39 is 0 Å².